The van der Waals surface area contributed by atoms with Crippen LogP contribution in [0.15, 0.2) is 30.3 Å². The van der Waals surface area contributed by atoms with E-state index in [1.54, 1.807) is 0 Å². The highest BCUT2D eigenvalue weighted by molar-refractivity contribution is 7.13. The number of nitrogens with zero attached hydrogens (tertiary/aromatic N) is 1. The van der Waals surface area contributed by atoms with Crippen LogP contribution >= 0.6 is 11.3 Å². The summed E-state index contributed by atoms with van der Waals surface area (Å²) in [5.41, 5.74) is 1.91. The van der Waals surface area contributed by atoms with E-state index in [1.807, 2.05) is 44.2 Å². The standard InChI is InChI=1S/C19H24N2O3S/c1-3-17-20-13(2)18(25-17)19(22)21-15-9-10-23-12-16(15)24-11-14-7-5-4-6-8-14/h4-8,15-16H,3,9-12H2,1-2H3,(H,21,22)/t15-,16-/m1/s1. The number of nitrogens with one attached hydrogen (secondary N) is 1. The molecule has 0 aliphatic carbocycles. The summed E-state index contributed by atoms with van der Waals surface area (Å²) >= 11 is 1.47. The third kappa shape index (κ3) is 4.66. The van der Waals surface area contributed by atoms with Crippen LogP contribution in [0.2, 0.25) is 0 Å². The van der Waals surface area contributed by atoms with E-state index < -0.39 is 0 Å². The SMILES string of the molecule is CCc1nc(C)c(C(=O)N[C@@H]2CCOC[C@H]2OCc2ccccc2)s1. The molecule has 1 aliphatic rings. The molecule has 0 spiro atoms. The maximum absolute atomic E-state index is 12.6. The maximum atomic E-state index is 12.6. The second-order valence-corrected chi connectivity index (χ2v) is 7.24. The van der Waals surface area contributed by atoms with E-state index in [0.717, 1.165) is 29.1 Å². The number of carbonyl (C=O) groups excluding carboxylic acids is 1. The Morgan fingerprint density at radius 3 is 2.92 bits per heavy atom. The highest BCUT2D eigenvalue weighted by Gasteiger charge is 2.29. The molecule has 134 valence electrons. The molecule has 2 atom stereocenters. The van der Waals surface area contributed by atoms with Crippen molar-refractivity contribution in [2.24, 2.45) is 0 Å². The van der Waals surface area contributed by atoms with Crippen molar-refractivity contribution >= 4 is 17.2 Å². The van der Waals surface area contributed by atoms with Gasteiger partial charge in [-0.1, -0.05) is 37.3 Å². The fraction of sp³-hybridized carbons (Fsp3) is 0.474. The van der Waals surface area contributed by atoms with E-state index in [4.69, 9.17) is 9.47 Å². The predicted octanol–water partition coefficient (Wildman–Crippen LogP) is 3.12. The van der Waals surface area contributed by atoms with Gasteiger partial charge in [-0.05, 0) is 25.3 Å². The summed E-state index contributed by atoms with van der Waals surface area (Å²) in [6.07, 6.45) is 1.46. The van der Waals surface area contributed by atoms with E-state index >= 15 is 0 Å². The van der Waals surface area contributed by atoms with E-state index in [1.165, 1.54) is 11.3 Å². The van der Waals surface area contributed by atoms with Gasteiger partial charge in [-0.3, -0.25) is 4.79 Å². The Hall–Kier alpha value is -1.76. The molecule has 2 aromatic rings. The van der Waals surface area contributed by atoms with Crippen LogP contribution < -0.4 is 5.32 Å². The first-order valence-electron chi connectivity index (χ1n) is 8.67. The lowest BCUT2D eigenvalue weighted by Gasteiger charge is -2.32. The van der Waals surface area contributed by atoms with E-state index in [0.29, 0.717) is 24.7 Å². The molecule has 0 radical (unpaired) electrons. The molecule has 1 saturated heterocycles. The summed E-state index contributed by atoms with van der Waals surface area (Å²) in [4.78, 5) is 17.8. The van der Waals surface area contributed by atoms with Crippen LogP contribution in [0, 0.1) is 6.92 Å². The van der Waals surface area contributed by atoms with Gasteiger partial charge in [-0.15, -0.1) is 11.3 Å². The van der Waals surface area contributed by atoms with Gasteiger partial charge < -0.3 is 14.8 Å². The summed E-state index contributed by atoms with van der Waals surface area (Å²) in [7, 11) is 0. The molecule has 1 fully saturated rings. The number of amides is 1. The van der Waals surface area contributed by atoms with Crippen molar-refractivity contribution in [1.82, 2.24) is 10.3 Å². The zero-order valence-electron chi connectivity index (χ0n) is 14.7. The average molecular weight is 360 g/mol. The first-order chi connectivity index (χ1) is 12.2. The van der Waals surface area contributed by atoms with Crippen molar-refractivity contribution in [2.45, 2.75) is 45.4 Å². The van der Waals surface area contributed by atoms with Crippen molar-refractivity contribution in [3.63, 3.8) is 0 Å². The molecular weight excluding hydrogens is 336 g/mol. The number of benzene rings is 1. The topological polar surface area (TPSA) is 60.5 Å². The highest BCUT2D eigenvalue weighted by atomic mass is 32.1. The van der Waals surface area contributed by atoms with Crippen LogP contribution in [0.4, 0.5) is 0 Å². The molecule has 1 aromatic heterocycles. The molecule has 0 bridgehead atoms. The fourth-order valence-electron chi connectivity index (χ4n) is 2.87. The zero-order valence-corrected chi connectivity index (χ0v) is 15.5. The minimum absolute atomic E-state index is 0.0449. The summed E-state index contributed by atoms with van der Waals surface area (Å²) in [6, 6.07) is 9.99. The molecule has 1 amide bonds. The van der Waals surface area contributed by atoms with Gasteiger partial charge >= 0.3 is 0 Å². The van der Waals surface area contributed by atoms with Crippen molar-refractivity contribution in [3.8, 4) is 0 Å². The van der Waals surface area contributed by atoms with Gasteiger partial charge in [0.05, 0.1) is 30.0 Å². The molecule has 1 aromatic carbocycles. The van der Waals surface area contributed by atoms with Gasteiger partial charge in [0.2, 0.25) is 0 Å². The smallest absolute Gasteiger partial charge is 0.263 e. The van der Waals surface area contributed by atoms with Gasteiger partial charge in [-0.25, -0.2) is 4.98 Å². The fourth-order valence-corrected chi connectivity index (χ4v) is 3.77. The molecular formula is C19H24N2O3S. The Kier molecular flexibility index (Phi) is 6.18. The second kappa shape index (κ2) is 8.56. The normalized spacial score (nSPS) is 20.4. The first kappa shape index (κ1) is 18.0. The quantitative estimate of drug-likeness (QED) is 0.860. The van der Waals surface area contributed by atoms with E-state index in [9.17, 15) is 4.79 Å². The molecule has 5 nitrogen and oxygen atoms in total. The largest absolute Gasteiger partial charge is 0.379 e. The number of rotatable bonds is 6. The van der Waals surface area contributed by atoms with Gasteiger partial charge in [0, 0.05) is 6.61 Å². The van der Waals surface area contributed by atoms with Gasteiger partial charge in [0.15, 0.2) is 0 Å². The van der Waals surface area contributed by atoms with Crippen LogP contribution in [0.3, 0.4) is 0 Å². The lowest BCUT2D eigenvalue weighted by Crippen LogP contribution is -2.49. The van der Waals surface area contributed by atoms with Crippen molar-refractivity contribution < 1.29 is 14.3 Å². The lowest BCUT2D eigenvalue weighted by atomic mass is 10.1. The predicted molar refractivity (Wildman–Crippen MR) is 97.9 cm³/mol. The number of thiazole rings is 1. The number of ether oxygens (including phenoxy) is 2. The van der Waals surface area contributed by atoms with Crippen LogP contribution in [0.1, 0.15) is 39.3 Å². The van der Waals surface area contributed by atoms with E-state index in [-0.39, 0.29) is 18.1 Å². The second-order valence-electron chi connectivity index (χ2n) is 6.15. The third-order valence-corrected chi connectivity index (χ3v) is 5.58. The number of hydrogen-bond donors (Lipinski definition) is 1. The molecule has 0 unspecified atom stereocenters. The van der Waals surface area contributed by atoms with Crippen molar-refractivity contribution in [1.29, 1.82) is 0 Å². The lowest BCUT2D eigenvalue weighted by molar-refractivity contribution is -0.0735. The number of hydrogen-bond acceptors (Lipinski definition) is 5. The minimum Gasteiger partial charge on any atom is -0.379 e. The van der Waals surface area contributed by atoms with E-state index in [2.05, 4.69) is 10.3 Å². The van der Waals surface area contributed by atoms with Crippen molar-refractivity contribution in [2.75, 3.05) is 13.2 Å². The average Bonchev–Trinajstić information content (AvgIpc) is 3.03. The van der Waals surface area contributed by atoms with Crippen LogP contribution in [-0.2, 0) is 22.5 Å². The molecule has 25 heavy (non-hydrogen) atoms. The summed E-state index contributed by atoms with van der Waals surface area (Å²) in [5.74, 6) is -0.0603. The van der Waals surface area contributed by atoms with Gasteiger partial charge in [0.1, 0.15) is 11.0 Å². The monoisotopic (exact) mass is 360 g/mol. The Labute approximate surface area is 152 Å². The third-order valence-electron chi connectivity index (χ3n) is 4.28. The zero-order chi connectivity index (χ0) is 17.6. The summed E-state index contributed by atoms with van der Waals surface area (Å²) < 4.78 is 11.6. The Morgan fingerprint density at radius 1 is 1.40 bits per heavy atom. The number of aromatic nitrogens is 1. The Balaban J connectivity index is 1.62. The molecule has 6 heteroatoms. The first-order valence-corrected chi connectivity index (χ1v) is 9.49. The van der Waals surface area contributed by atoms with Gasteiger partial charge in [0.25, 0.3) is 5.91 Å². The van der Waals surface area contributed by atoms with Crippen molar-refractivity contribution in [3.05, 3.63) is 51.5 Å². The number of aryl methyl sites for hydroxylation is 2. The molecule has 2 heterocycles. The van der Waals surface area contributed by atoms with Crippen LogP contribution in [-0.4, -0.2) is 36.3 Å². The summed E-state index contributed by atoms with van der Waals surface area (Å²) in [6.45, 7) is 5.59. The molecule has 1 aliphatic heterocycles. The van der Waals surface area contributed by atoms with Gasteiger partial charge in [-0.2, -0.15) is 0 Å². The molecule has 0 saturated carbocycles. The Morgan fingerprint density at radius 2 is 2.20 bits per heavy atom. The van der Waals surface area contributed by atoms with Crippen LogP contribution in [0.5, 0.6) is 0 Å². The van der Waals surface area contributed by atoms with Crippen LogP contribution in [0.25, 0.3) is 0 Å². The summed E-state index contributed by atoms with van der Waals surface area (Å²) in [5, 5.41) is 4.12. The molecule has 1 N–H and O–H groups in total. The highest BCUT2D eigenvalue weighted by Crippen LogP contribution is 2.20. The number of carbonyl (C=O) groups is 1. The minimum atomic E-state index is -0.142. The molecule has 3 rings (SSSR count). The maximum Gasteiger partial charge on any atom is 0.263 e. The Bertz CT molecular complexity index is 702.